The molecule has 21 heavy (non-hydrogen) atoms. The number of benzene rings is 1. The molecule has 0 radical (unpaired) electrons. The predicted molar refractivity (Wildman–Crippen MR) is 80.6 cm³/mol. The number of fused-ring (bicyclic) bond motifs is 1. The summed E-state index contributed by atoms with van der Waals surface area (Å²) in [5.41, 5.74) is 2.75. The summed E-state index contributed by atoms with van der Waals surface area (Å²) >= 11 is 0. The first-order valence-corrected chi connectivity index (χ1v) is 7.77. The zero-order valence-electron chi connectivity index (χ0n) is 12.7. The van der Waals surface area contributed by atoms with Crippen LogP contribution in [0.2, 0.25) is 0 Å². The third-order valence-corrected chi connectivity index (χ3v) is 3.52. The fourth-order valence-electron chi connectivity index (χ4n) is 2.44. The van der Waals surface area contributed by atoms with Crippen molar-refractivity contribution in [1.29, 1.82) is 0 Å². The molecule has 116 valence electrons. The number of carbonyl (C=O) groups is 1. The van der Waals surface area contributed by atoms with Crippen molar-refractivity contribution in [2.45, 2.75) is 39.0 Å². The summed E-state index contributed by atoms with van der Waals surface area (Å²) in [7, 11) is 0. The first kappa shape index (κ1) is 15.8. The zero-order valence-corrected chi connectivity index (χ0v) is 12.7. The number of carbonyl (C=O) groups excluding carboxylic acids is 1. The van der Waals surface area contributed by atoms with Crippen LogP contribution >= 0.6 is 0 Å². The van der Waals surface area contributed by atoms with Crippen LogP contribution in [0.1, 0.15) is 37.3 Å². The highest BCUT2D eigenvalue weighted by Crippen LogP contribution is 2.25. The van der Waals surface area contributed by atoms with Crippen LogP contribution in [0.25, 0.3) is 0 Å². The van der Waals surface area contributed by atoms with E-state index in [2.05, 4.69) is 6.07 Å². The van der Waals surface area contributed by atoms with Crippen molar-refractivity contribution in [3.63, 3.8) is 0 Å². The monoisotopic (exact) mass is 292 g/mol. The van der Waals surface area contributed by atoms with E-state index in [1.54, 1.807) is 0 Å². The van der Waals surface area contributed by atoms with Gasteiger partial charge in [-0.3, -0.25) is 0 Å². The maximum Gasteiger partial charge on any atom is 0.344 e. The maximum atomic E-state index is 11.5. The van der Waals surface area contributed by atoms with Crippen LogP contribution in [0.5, 0.6) is 5.75 Å². The molecule has 0 unspecified atom stereocenters. The van der Waals surface area contributed by atoms with Crippen LogP contribution in [0.15, 0.2) is 18.2 Å². The molecule has 2 rings (SSSR count). The number of hydrogen-bond donors (Lipinski definition) is 0. The minimum Gasteiger partial charge on any atom is -0.482 e. The molecule has 0 spiro atoms. The quantitative estimate of drug-likeness (QED) is 0.546. The zero-order chi connectivity index (χ0) is 14.9. The smallest absolute Gasteiger partial charge is 0.344 e. The Hall–Kier alpha value is -1.55. The molecule has 1 aliphatic rings. The van der Waals surface area contributed by atoms with Gasteiger partial charge in [0.1, 0.15) is 12.4 Å². The molecular formula is C17H24O4. The van der Waals surface area contributed by atoms with E-state index in [1.807, 2.05) is 19.1 Å². The summed E-state index contributed by atoms with van der Waals surface area (Å²) in [6.45, 7) is 3.42. The second-order valence-corrected chi connectivity index (χ2v) is 5.26. The van der Waals surface area contributed by atoms with Crippen LogP contribution in [0.4, 0.5) is 0 Å². The Morgan fingerprint density at radius 3 is 2.71 bits per heavy atom. The van der Waals surface area contributed by atoms with E-state index < -0.39 is 0 Å². The van der Waals surface area contributed by atoms with E-state index in [9.17, 15) is 4.79 Å². The predicted octanol–water partition coefficient (Wildman–Crippen LogP) is 2.91. The summed E-state index contributed by atoms with van der Waals surface area (Å²) in [5.74, 6) is 0.391. The molecule has 0 bridgehead atoms. The lowest BCUT2D eigenvalue weighted by Gasteiger charge is -2.16. The van der Waals surface area contributed by atoms with Crippen LogP contribution < -0.4 is 4.74 Å². The standard InChI is InChI=1S/C17H24O4/c1-2-9-19-10-11-20-17(18)13-21-16-8-7-14-5-3-4-6-15(14)12-16/h7-8,12H,2-6,9-11,13H2,1H3. The molecule has 0 heterocycles. The molecular weight excluding hydrogens is 268 g/mol. The van der Waals surface area contributed by atoms with Gasteiger partial charge in [-0.25, -0.2) is 4.79 Å². The van der Waals surface area contributed by atoms with Gasteiger partial charge < -0.3 is 14.2 Å². The normalized spacial score (nSPS) is 13.6. The van der Waals surface area contributed by atoms with Crippen LogP contribution in [-0.2, 0) is 27.1 Å². The first-order valence-electron chi connectivity index (χ1n) is 7.77. The lowest BCUT2D eigenvalue weighted by molar-refractivity contribution is -0.147. The number of aryl methyl sites for hydroxylation is 2. The summed E-state index contributed by atoms with van der Waals surface area (Å²) in [6, 6.07) is 6.08. The third-order valence-electron chi connectivity index (χ3n) is 3.52. The second kappa shape index (κ2) is 8.67. The van der Waals surface area contributed by atoms with Crippen LogP contribution in [-0.4, -0.2) is 32.4 Å². The average molecular weight is 292 g/mol. The van der Waals surface area contributed by atoms with Crippen molar-refractivity contribution < 1.29 is 19.0 Å². The molecule has 0 fully saturated rings. The van der Waals surface area contributed by atoms with Crippen molar-refractivity contribution in [2.75, 3.05) is 26.4 Å². The van der Waals surface area contributed by atoms with Crippen molar-refractivity contribution in [3.05, 3.63) is 29.3 Å². The Morgan fingerprint density at radius 2 is 1.90 bits per heavy atom. The van der Waals surface area contributed by atoms with Gasteiger partial charge in [0.25, 0.3) is 0 Å². The van der Waals surface area contributed by atoms with E-state index in [4.69, 9.17) is 14.2 Å². The number of hydrogen-bond acceptors (Lipinski definition) is 4. The SMILES string of the molecule is CCCOCCOC(=O)COc1ccc2c(c1)CCCC2. The minimum absolute atomic E-state index is 0.0490. The summed E-state index contributed by atoms with van der Waals surface area (Å²) < 4.78 is 15.8. The second-order valence-electron chi connectivity index (χ2n) is 5.26. The lowest BCUT2D eigenvalue weighted by Crippen LogP contribution is -2.18. The molecule has 1 aliphatic carbocycles. The Kier molecular flexibility index (Phi) is 6.54. The van der Waals surface area contributed by atoms with Crippen molar-refractivity contribution >= 4 is 5.97 Å². The third kappa shape index (κ3) is 5.38. The van der Waals surface area contributed by atoms with E-state index >= 15 is 0 Å². The van der Waals surface area contributed by atoms with E-state index in [1.165, 1.54) is 24.0 Å². The average Bonchev–Trinajstić information content (AvgIpc) is 2.52. The summed E-state index contributed by atoms with van der Waals surface area (Å²) in [5, 5.41) is 0. The van der Waals surface area contributed by atoms with Crippen molar-refractivity contribution in [3.8, 4) is 5.75 Å². The van der Waals surface area contributed by atoms with Crippen molar-refractivity contribution in [2.24, 2.45) is 0 Å². The first-order chi connectivity index (χ1) is 10.3. The Morgan fingerprint density at radius 1 is 1.10 bits per heavy atom. The van der Waals surface area contributed by atoms with Gasteiger partial charge in [0.15, 0.2) is 6.61 Å². The van der Waals surface area contributed by atoms with E-state index in [0.717, 1.165) is 25.0 Å². The maximum absolute atomic E-state index is 11.5. The minimum atomic E-state index is -0.354. The highest BCUT2D eigenvalue weighted by molar-refractivity contribution is 5.71. The fraction of sp³-hybridized carbons (Fsp3) is 0.588. The fourth-order valence-corrected chi connectivity index (χ4v) is 2.44. The van der Waals surface area contributed by atoms with Gasteiger partial charge in [-0.15, -0.1) is 0 Å². The lowest BCUT2D eigenvalue weighted by atomic mass is 9.92. The van der Waals surface area contributed by atoms with Crippen LogP contribution in [0, 0.1) is 0 Å². The number of rotatable bonds is 8. The highest BCUT2D eigenvalue weighted by atomic mass is 16.6. The molecule has 0 aliphatic heterocycles. The largest absolute Gasteiger partial charge is 0.482 e. The summed E-state index contributed by atoms with van der Waals surface area (Å²) in [6.07, 6.45) is 5.71. The molecule has 4 nitrogen and oxygen atoms in total. The Balaban J connectivity index is 1.69. The highest BCUT2D eigenvalue weighted by Gasteiger charge is 2.11. The van der Waals surface area contributed by atoms with E-state index in [-0.39, 0.29) is 19.2 Å². The van der Waals surface area contributed by atoms with Gasteiger partial charge in [-0.1, -0.05) is 13.0 Å². The molecule has 1 aromatic rings. The summed E-state index contributed by atoms with van der Waals surface area (Å²) in [4.78, 5) is 11.5. The topological polar surface area (TPSA) is 44.8 Å². The Bertz CT molecular complexity index is 456. The van der Waals surface area contributed by atoms with Gasteiger partial charge in [-0.05, 0) is 55.4 Å². The van der Waals surface area contributed by atoms with Crippen LogP contribution in [0.3, 0.4) is 0 Å². The Labute approximate surface area is 126 Å². The van der Waals surface area contributed by atoms with Gasteiger partial charge in [0, 0.05) is 6.61 Å². The van der Waals surface area contributed by atoms with Gasteiger partial charge in [0.2, 0.25) is 0 Å². The van der Waals surface area contributed by atoms with Crippen molar-refractivity contribution in [1.82, 2.24) is 0 Å². The molecule has 0 amide bonds. The molecule has 1 aromatic carbocycles. The number of ether oxygens (including phenoxy) is 3. The molecule has 0 saturated carbocycles. The van der Waals surface area contributed by atoms with Gasteiger partial charge in [-0.2, -0.15) is 0 Å². The number of esters is 1. The van der Waals surface area contributed by atoms with Gasteiger partial charge >= 0.3 is 5.97 Å². The van der Waals surface area contributed by atoms with Gasteiger partial charge in [0.05, 0.1) is 6.61 Å². The molecule has 0 atom stereocenters. The molecule has 0 aromatic heterocycles. The van der Waals surface area contributed by atoms with E-state index in [0.29, 0.717) is 13.2 Å². The molecule has 0 N–H and O–H groups in total. The molecule has 4 heteroatoms. The molecule has 0 saturated heterocycles.